The molecule has 2 rings (SSSR count). The van der Waals surface area contributed by atoms with E-state index in [1.54, 1.807) is 7.11 Å². The monoisotopic (exact) mass is 337 g/mol. The van der Waals surface area contributed by atoms with Gasteiger partial charge in [0.05, 0.1) is 11.6 Å². The summed E-state index contributed by atoms with van der Waals surface area (Å²) < 4.78 is 8.21. The summed E-state index contributed by atoms with van der Waals surface area (Å²) in [6.07, 6.45) is 0. The van der Waals surface area contributed by atoms with Crippen LogP contribution in [-0.2, 0) is 6.54 Å². The number of nitrogens with zero attached hydrogens (tertiary/aromatic N) is 2. The molecule has 108 valence electrons. The van der Waals surface area contributed by atoms with Crippen LogP contribution in [-0.4, -0.2) is 16.7 Å². The molecule has 20 heavy (non-hydrogen) atoms. The summed E-state index contributed by atoms with van der Waals surface area (Å²) in [4.78, 5) is 4.61. The molecule has 1 aromatic heterocycles. The van der Waals surface area contributed by atoms with E-state index in [0.717, 1.165) is 33.8 Å². The standard InChI is InChI=1S/C15H20BrN3O/c1-9(2)8-19-10(3)18-14(15(19)17)11-5-6-13(20-4)12(16)7-11/h5-7,9H,8,17H2,1-4H3. The van der Waals surface area contributed by atoms with Crippen molar-refractivity contribution in [1.29, 1.82) is 0 Å². The summed E-state index contributed by atoms with van der Waals surface area (Å²) in [5, 5.41) is 0. The van der Waals surface area contributed by atoms with E-state index in [9.17, 15) is 0 Å². The second kappa shape index (κ2) is 5.87. The van der Waals surface area contributed by atoms with Gasteiger partial charge in [0.2, 0.25) is 0 Å². The summed E-state index contributed by atoms with van der Waals surface area (Å²) in [6.45, 7) is 7.20. The summed E-state index contributed by atoms with van der Waals surface area (Å²) in [5.41, 5.74) is 8.07. The van der Waals surface area contributed by atoms with Gasteiger partial charge in [-0.1, -0.05) is 13.8 Å². The van der Waals surface area contributed by atoms with Crippen LogP contribution in [0.15, 0.2) is 22.7 Å². The van der Waals surface area contributed by atoms with E-state index in [2.05, 4.69) is 39.3 Å². The normalized spacial score (nSPS) is 11.1. The van der Waals surface area contributed by atoms with Gasteiger partial charge in [-0.05, 0) is 47.0 Å². The minimum Gasteiger partial charge on any atom is -0.496 e. The molecule has 0 bridgehead atoms. The average molecular weight is 338 g/mol. The highest BCUT2D eigenvalue weighted by Crippen LogP contribution is 2.33. The van der Waals surface area contributed by atoms with Crippen molar-refractivity contribution in [2.45, 2.75) is 27.3 Å². The van der Waals surface area contributed by atoms with Gasteiger partial charge in [0.1, 0.15) is 23.1 Å². The van der Waals surface area contributed by atoms with Crippen molar-refractivity contribution < 1.29 is 4.74 Å². The molecular formula is C15H20BrN3O. The minimum absolute atomic E-state index is 0.528. The number of halogens is 1. The van der Waals surface area contributed by atoms with Crippen LogP contribution in [0.25, 0.3) is 11.3 Å². The van der Waals surface area contributed by atoms with Crippen molar-refractivity contribution >= 4 is 21.7 Å². The maximum atomic E-state index is 6.26. The maximum absolute atomic E-state index is 6.26. The highest BCUT2D eigenvalue weighted by Gasteiger charge is 2.15. The van der Waals surface area contributed by atoms with Crippen LogP contribution in [0.4, 0.5) is 5.82 Å². The average Bonchev–Trinajstić information content (AvgIpc) is 2.66. The second-order valence-electron chi connectivity index (χ2n) is 5.25. The summed E-state index contributed by atoms with van der Waals surface area (Å²) in [7, 11) is 1.65. The van der Waals surface area contributed by atoms with Crippen LogP contribution in [0, 0.1) is 12.8 Å². The van der Waals surface area contributed by atoms with E-state index in [1.807, 2.05) is 25.1 Å². The van der Waals surface area contributed by atoms with Crippen LogP contribution in [0.2, 0.25) is 0 Å². The molecule has 0 saturated heterocycles. The number of aryl methyl sites for hydroxylation is 1. The zero-order chi connectivity index (χ0) is 14.9. The largest absolute Gasteiger partial charge is 0.496 e. The zero-order valence-electron chi connectivity index (χ0n) is 12.3. The Kier molecular flexibility index (Phi) is 4.38. The lowest BCUT2D eigenvalue weighted by atomic mass is 10.1. The minimum atomic E-state index is 0.528. The number of methoxy groups -OCH3 is 1. The van der Waals surface area contributed by atoms with Crippen molar-refractivity contribution in [2.75, 3.05) is 12.8 Å². The Morgan fingerprint density at radius 2 is 2.10 bits per heavy atom. The molecule has 2 N–H and O–H groups in total. The molecule has 0 fully saturated rings. The van der Waals surface area contributed by atoms with Crippen LogP contribution in [0.5, 0.6) is 5.75 Å². The molecule has 0 saturated carbocycles. The Morgan fingerprint density at radius 1 is 1.40 bits per heavy atom. The Morgan fingerprint density at radius 3 is 2.65 bits per heavy atom. The van der Waals surface area contributed by atoms with Crippen molar-refractivity contribution in [3.8, 4) is 17.0 Å². The third kappa shape index (κ3) is 2.82. The van der Waals surface area contributed by atoms with Crippen LogP contribution >= 0.6 is 15.9 Å². The quantitative estimate of drug-likeness (QED) is 0.921. The number of nitrogens with two attached hydrogens (primary N) is 1. The number of hydrogen-bond donors (Lipinski definition) is 1. The fourth-order valence-electron chi connectivity index (χ4n) is 2.20. The SMILES string of the molecule is COc1ccc(-c2nc(C)n(CC(C)C)c2N)cc1Br. The van der Waals surface area contributed by atoms with E-state index in [1.165, 1.54) is 0 Å². The molecule has 0 unspecified atom stereocenters. The third-order valence-electron chi connectivity index (χ3n) is 3.17. The lowest BCUT2D eigenvalue weighted by Crippen LogP contribution is -2.09. The van der Waals surface area contributed by atoms with Gasteiger partial charge in [0, 0.05) is 12.1 Å². The predicted octanol–water partition coefficient (Wildman–Crippen LogP) is 3.87. The lowest BCUT2D eigenvalue weighted by Gasteiger charge is -2.10. The molecule has 0 aliphatic carbocycles. The van der Waals surface area contributed by atoms with Crippen molar-refractivity contribution in [3.63, 3.8) is 0 Å². The Labute approximate surface area is 128 Å². The number of hydrogen-bond acceptors (Lipinski definition) is 3. The maximum Gasteiger partial charge on any atom is 0.133 e. The number of ether oxygens (including phenoxy) is 1. The molecule has 2 aromatic rings. The van der Waals surface area contributed by atoms with Gasteiger partial charge in [-0.2, -0.15) is 0 Å². The molecule has 0 aliphatic heterocycles. The first-order chi connectivity index (χ1) is 9.43. The van der Waals surface area contributed by atoms with Gasteiger partial charge in [-0.15, -0.1) is 0 Å². The Hall–Kier alpha value is -1.49. The van der Waals surface area contributed by atoms with Crippen LogP contribution in [0.3, 0.4) is 0 Å². The lowest BCUT2D eigenvalue weighted by molar-refractivity contribution is 0.412. The van der Waals surface area contributed by atoms with E-state index < -0.39 is 0 Å². The molecule has 0 radical (unpaired) electrons. The molecule has 0 atom stereocenters. The number of nitrogen functional groups attached to an aromatic ring is 1. The number of anilines is 1. The van der Waals surface area contributed by atoms with Gasteiger partial charge >= 0.3 is 0 Å². The molecule has 1 aromatic carbocycles. The first-order valence-corrected chi connectivity index (χ1v) is 7.39. The van der Waals surface area contributed by atoms with E-state index in [0.29, 0.717) is 11.7 Å². The van der Waals surface area contributed by atoms with E-state index >= 15 is 0 Å². The van der Waals surface area contributed by atoms with Crippen LogP contribution in [0.1, 0.15) is 19.7 Å². The molecule has 0 amide bonds. The van der Waals surface area contributed by atoms with Gasteiger partial charge in [-0.3, -0.25) is 0 Å². The number of imidazole rings is 1. The Balaban J connectivity index is 2.45. The van der Waals surface area contributed by atoms with Crippen molar-refractivity contribution in [1.82, 2.24) is 9.55 Å². The fourth-order valence-corrected chi connectivity index (χ4v) is 2.74. The summed E-state index contributed by atoms with van der Waals surface area (Å²) >= 11 is 3.49. The number of aromatic nitrogens is 2. The van der Waals surface area contributed by atoms with E-state index in [-0.39, 0.29) is 0 Å². The summed E-state index contributed by atoms with van der Waals surface area (Å²) in [6, 6.07) is 5.87. The molecule has 1 heterocycles. The van der Waals surface area contributed by atoms with E-state index in [4.69, 9.17) is 10.5 Å². The van der Waals surface area contributed by atoms with Crippen LogP contribution < -0.4 is 10.5 Å². The smallest absolute Gasteiger partial charge is 0.133 e. The molecular weight excluding hydrogens is 318 g/mol. The third-order valence-corrected chi connectivity index (χ3v) is 3.79. The van der Waals surface area contributed by atoms with Gasteiger partial charge in [-0.25, -0.2) is 4.98 Å². The molecule has 0 aliphatic rings. The molecule has 0 spiro atoms. The van der Waals surface area contributed by atoms with Gasteiger partial charge < -0.3 is 15.0 Å². The zero-order valence-corrected chi connectivity index (χ0v) is 13.9. The number of rotatable bonds is 4. The second-order valence-corrected chi connectivity index (χ2v) is 6.10. The molecule has 5 heteroatoms. The summed E-state index contributed by atoms with van der Waals surface area (Å²) in [5.74, 6) is 2.98. The topological polar surface area (TPSA) is 53.1 Å². The van der Waals surface area contributed by atoms with Crippen molar-refractivity contribution in [3.05, 3.63) is 28.5 Å². The molecule has 4 nitrogen and oxygen atoms in total. The predicted molar refractivity (Wildman–Crippen MR) is 85.9 cm³/mol. The van der Waals surface area contributed by atoms with Crippen molar-refractivity contribution in [2.24, 2.45) is 5.92 Å². The van der Waals surface area contributed by atoms with Gasteiger partial charge in [0.15, 0.2) is 0 Å². The fraction of sp³-hybridized carbons (Fsp3) is 0.400. The Bertz CT molecular complexity index is 620. The highest BCUT2D eigenvalue weighted by molar-refractivity contribution is 9.10. The van der Waals surface area contributed by atoms with Gasteiger partial charge in [0.25, 0.3) is 0 Å². The number of benzene rings is 1. The highest BCUT2D eigenvalue weighted by atomic mass is 79.9. The first kappa shape index (κ1) is 14.9. The first-order valence-electron chi connectivity index (χ1n) is 6.60.